The molecule has 1 aliphatic heterocycles. The number of benzene rings is 2. The summed E-state index contributed by atoms with van der Waals surface area (Å²) >= 11 is 1.11. The summed E-state index contributed by atoms with van der Waals surface area (Å²) < 4.78 is 41.7. The maximum Gasteiger partial charge on any atom is 0.436 e. The highest BCUT2D eigenvalue weighted by molar-refractivity contribution is 7.19. The molecule has 31 heavy (non-hydrogen) atoms. The Balaban J connectivity index is 1.48. The number of aryl methyl sites for hydroxylation is 1. The molecule has 0 saturated carbocycles. The van der Waals surface area contributed by atoms with E-state index in [2.05, 4.69) is 19.9 Å². The Hall–Kier alpha value is -1.98. The fourth-order valence-electron chi connectivity index (χ4n) is 4.27. The molecule has 0 radical (unpaired) electrons. The maximum atomic E-state index is 14.9. The summed E-state index contributed by atoms with van der Waals surface area (Å²) in [5.74, 6) is 0.519. The number of alkyl halides is 2. The molecule has 0 N–H and O–H groups in total. The first-order valence-corrected chi connectivity index (χ1v) is 12.1. The van der Waals surface area contributed by atoms with E-state index in [1.54, 1.807) is 18.2 Å². The molecule has 166 valence electrons. The molecule has 2 nitrogen and oxygen atoms in total. The van der Waals surface area contributed by atoms with Crippen LogP contribution >= 0.6 is 11.3 Å². The van der Waals surface area contributed by atoms with Crippen molar-refractivity contribution < 1.29 is 18.3 Å². The molecule has 0 bridgehead atoms. The van der Waals surface area contributed by atoms with Gasteiger partial charge in [0.2, 0.25) is 0 Å². The third-order valence-electron chi connectivity index (χ3n) is 5.99. The summed E-state index contributed by atoms with van der Waals surface area (Å²) in [5.41, 5.74) is 2.30. The van der Waals surface area contributed by atoms with Gasteiger partial charge in [-0.05, 0) is 66.5 Å². The van der Waals surface area contributed by atoms with Crippen LogP contribution in [0.25, 0.3) is 10.1 Å². The zero-order valence-corrected chi connectivity index (χ0v) is 19.0. The Morgan fingerprint density at radius 2 is 1.84 bits per heavy atom. The second-order valence-corrected chi connectivity index (χ2v) is 9.52. The first-order chi connectivity index (χ1) is 15.0. The van der Waals surface area contributed by atoms with Gasteiger partial charge in [0.15, 0.2) is 0 Å². The second-order valence-electron chi connectivity index (χ2n) is 8.44. The number of hydrogen-bond donors (Lipinski definition) is 0. The van der Waals surface area contributed by atoms with E-state index in [0.29, 0.717) is 18.6 Å². The zero-order chi connectivity index (χ0) is 21.8. The molecule has 5 heteroatoms. The van der Waals surface area contributed by atoms with Crippen LogP contribution in [-0.4, -0.2) is 12.7 Å². The SMILES string of the molecule is CCCc1ccc(OC(F)(F)c2cc3ccc(C4CCC(CCC)OC4)cc3s2)cc1. The van der Waals surface area contributed by atoms with Crippen molar-refractivity contribution in [3.05, 3.63) is 64.5 Å². The quantitative estimate of drug-likeness (QED) is 0.350. The average Bonchev–Trinajstić information content (AvgIpc) is 3.20. The smallest absolute Gasteiger partial charge is 0.428 e. The lowest BCUT2D eigenvalue weighted by atomic mass is 9.90. The van der Waals surface area contributed by atoms with Crippen molar-refractivity contribution in [3.63, 3.8) is 0 Å². The number of thiophene rings is 1. The Morgan fingerprint density at radius 1 is 1.03 bits per heavy atom. The lowest BCUT2D eigenvalue weighted by Crippen LogP contribution is -2.24. The van der Waals surface area contributed by atoms with Gasteiger partial charge in [-0.1, -0.05) is 51.0 Å². The molecular weight excluding hydrogens is 414 g/mol. The highest BCUT2D eigenvalue weighted by Crippen LogP contribution is 2.40. The van der Waals surface area contributed by atoms with Gasteiger partial charge in [-0.15, -0.1) is 11.3 Å². The van der Waals surface area contributed by atoms with Crippen molar-refractivity contribution in [2.45, 2.75) is 70.5 Å². The van der Waals surface area contributed by atoms with E-state index < -0.39 is 6.11 Å². The van der Waals surface area contributed by atoms with Gasteiger partial charge in [0, 0.05) is 10.6 Å². The Bertz CT molecular complexity index is 988. The predicted octanol–water partition coefficient (Wildman–Crippen LogP) is 8.04. The third-order valence-corrected chi connectivity index (χ3v) is 7.14. The average molecular weight is 445 g/mol. The van der Waals surface area contributed by atoms with Crippen molar-refractivity contribution in [2.24, 2.45) is 0 Å². The molecule has 1 fully saturated rings. The third kappa shape index (κ3) is 5.27. The molecule has 4 rings (SSSR count). The van der Waals surface area contributed by atoms with Crippen molar-refractivity contribution >= 4 is 21.4 Å². The minimum atomic E-state index is -3.36. The lowest BCUT2D eigenvalue weighted by molar-refractivity contribution is -0.182. The van der Waals surface area contributed by atoms with E-state index in [4.69, 9.17) is 9.47 Å². The summed E-state index contributed by atoms with van der Waals surface area (Å²) in [4.78, 5) is -0.0693. The summed E-state index contributed by atoms with van der Waals surface area (Å²) in [6.45, 7) is 4.98. The standard InChI is InChI=1S/C26H30F2O2S/c1-3-5-18-7-12-23(13-8-18)30-26(27,28)25-16-20-10-9-19(15-24(20)31-25)21-11-14-22(6-4-2)29-17-21/h7-10,12-13,15-16,21-22H,3-6,11,14,17H2,1-2H3. The van der Waals surface area contributed by atoms with Crippen LogP contribution < -0.4 is 4.74 Å². The molecule has 1 aromatic heterocycles. The van der Waals surface area contributed by atoms with Gasteiger partial charge in [-0.3, -0.25) is 0 Å². The minimum absolute atomic E-state index is 0.0693. The van der Waals surface area contributed by atoms with E-state index in [9.17, 15) is 8.78 Å². The van der Waals surface area contributed by atoms with Crippen molar-refractivity contribution in [3.8, 4) is 5.75 Å². The van der Waals surface area contributed by atoms with Crippen LogP contribution in [-0.2, 0) is 17.3 Å². The van der Waals surface area contributed by atoms with Crippen molar-refractivity contribution in [2.75, 3.05) is 6.61 Å². The first-order valence-electron chi connectivity index (χ1n) is 11.3. The van der Waals surface area contributed by atoms with Gasteiger partial charge in [-0.25, -0.2) is 0 Å². The van der Waals surface area contributed by atoms with E-state index >= 15 is 0 Å². The van der Waals surface area contributed by atoms with Gasteiger partial charge >= 0.3 is 6.11 Å². The molecule has 1 aliphatic rings. The first kappa shape index (κ1) is 22.2. The highest BCUT2D eigenvalue weighted by atomic mass is 32.1. The van der Waals surface area contributed by atoms with Gasteiger partial charge < -0.3 is 9.47 Å². The number of fused-ring (bicyclic) bond motifs is 1. The Labute approximate surface area is 187 Å². The molecule has 0 spiro atoms. The normalized spacial score (nSPS) is 19.6. The summed E-state index contributed by atoms with van der Waals surface area (Å²) in [6.07, 6.45) is 3.35. The van der Waals surface area contributed by atoms with E-state index in [1.807, 2.05) is 24.3 Å². The summed E-state index contributed by atoms with van der Waals surface area (Å²) in [6, 6.07) is 14.5. The molecule has 2 atom stereocenters. The minimum Gasteiger partial charge on any atom is -0.428 e. The van der Waals surface area contributed by atoms with Crippen LogP contribution in [0.5, 0.6) is 5.75 Å². The van der Waals surface area contributed by atoms with Crippen LogP contribution in [0.4, 0.5) is 8.78 Å². The van der Waals surface area contributed by atoms with Gasteiger partial charge in [-0.2, -0.15) is 8.78 Å². The molecular formula is C26H30F2O2S. The molecule has 0 aliphatic carbocycles. The fourth-order valence-corrected chi connectivity index (χ4v) is 5.30. The summed E-state index contributed by atoms with van der Waals surface area (Å²) in [7, 11) is 0. The molecule has 1 saturated heterocycles. The Kier molecular flexibility index (Phi) is 6.92. The number of hydrogen-bond acceptors (Lipinski definition) is 3. The number of halogens is 2. The topological polar surface area (TPSA) is 18.5 Å². The van der Waals surface area contributed by atoms with Crippen molar-refractivity contribution in [1.29, 1.82) is 0 Å². The predicted molar refractivity (Wildman–Crippen MR) is 123 cm³/mol. The second kappa shape index (κ2) is 9.66. The molecule has 0 amide bonds. The highest BCUT2D eigenvalue weighted by Gasteiger charge is 2.37. The van der Waals surface area contributed by atoms with Crippen LogP contribution in [0, 0.1) is 0 Å². The van der Waals surface area contributed by atoms with Gasteiger partial charge in [0.05, 0.1) is 12.7 Å². The summed E-state index contributed by atoms with van der Waals surface area (Å²) in [5, 5.41) is 0.825. The van der Waals surface area contributed by atoms with E-state index in [-0.39, 0.29) is 10.6 Å². The largest absolute Gasteiger partial charge is 0.436 e. The van der Waals surface area contributed by atoms with Crippen LogP contribution in [0.3, 0.4) is 0 Å². The van der Waals surface area contributed by atoms with Crippen LogP contribution in [0.15, 0.2) is 48.5 Å². The maximum absolute atomic E-state index is 14.9. The molecule has 2 unspecified atom stereocenters. The zero-order valence-electron chi connectivity index (χ0n) is 18.2. The lowest BCUT2D eigenvalue weighted by Gasteiger charge is -2.29. The van der Waals surface area contributed by atoms with E-state index in [0.717, 1.165) is 65.5 Å². The van der Waals surface area contributed by atoms with Gasteiger partial charge in [0.25, 0.3) is 0 Å². The fraction of sp³-hybridized carbons (Fsp3) is 0.462. The van der Waals surface area contributed by atoms with Crippen LogP contribution in [0.2, 0.25) is 0 Å². The van der Waals surface area contributed by atoms with Gasteiger partial charge in [0.1, 0.15) is 10.6 Å². The molecule has 2 aromatic carbocycles. The molecule has 3 aromatic rings. The van der Waals surface area contributed by atoms with E-state index in [1.165, 1.54) is 5.56 Å². The van der Waals surface area contributed by atoms with Crippen molar-refractivity contribution in [1.82, 2.24) is 0 Å². The monoisotopic (exact) mass is 444 g/mol. The number of ether oxygens (including phenoxy) is 2. The Morgan fingerprint density at radius 3 is 2.52 bits per heavy atom. The van der Waals surface area contributed by atoms with Crippen LogP contribution in [0.1, 0.15) is 67.9 Å². The number of rotatable bonds is 8. The molecule has 2 heterocycles.